The van der Waals surface area contributed by atoms with Crippen molar-refractivity contribution < 1.29 is 9.53 Å². The van der Waals surface area contributed by atoms with Crippen molar-refractivity contribution in [1.29, 1.82) is 0 Å². The second-order valence-electron chi connectivity index (χ2n) is 4.71. The Hall–Kier alpha value is -3.08. The number of anilines is 2. The lowest BCUT2D eigenvalue weighted by Gasteiger charge is -2.06. The van der Waals surface area contributed by atoms with Gasteiger partial charge in [-0.2, -0.15) is 5.10 Å². The summed E-state index contributed by atoms with van der Waals surface area (Å²) in [4.78, 5) is 12.6. The average molecular weight is 293 g/mol. The molecule has 0 spiro atoms. The Morgan fingerprint density at radius 3 is 2.50 bits per heavy atom. The number of benzene rings is 2. The highest BCUT2D eigenvalue weighted by Crippen LogP contribution is 2.22. The lowest BCUT2D eigenvalue weighted by atomic mass is 10.1. The van der Waals surface area contributed by atoms with E-state index >= 15 is 0 Å². The summed E-state index contributed by atoms with van der Waals surface area (Å²) in [6.45, 7) is 0. The van der Waals surface area contributed by atoms with E-state index < -0.39 is 0 Å². The van der Waals surface area contributed by atoms with Crippen LogP contribution in [-0.2, 0) is 0 Å². The number of hydrogen-bond donors (Lipinski definition) is 2. The lowest BCUT2D eigenvalue weighted by Crippen LogP contribution is -2.04. The minimum atomic E-state index is -0.102. The van der Waals surface area contributed by atoms with Crippen LogP contribution in [0.1, 0.15) is 15.9 Å². The molecular formula is C17H15N3O2. The van der Waals surface area contributed by atoms with Gasteiger partial charge in [0.15, 0.2) is 5.78 Å². The summed E-state index contributed by atoms with van der Waals surface area (Å²) < 4.78 is 5.10. The van der Waals surface area contributed by atoms with E-state index in [1.54, 1.807) is 31.4 Å². The molecule has 2 aromatic carbocycles. The molecule has 0 saturated carbocycles. The van der Waals surface area contributed by atoms with E-state index in [-0.39, 0.29) is 5.78 Å². The summed E-state index contributed by atoms with van der Waals surface area (Å²) in [5.41, 5.74) is 1.96. The summed E-state index contributed by atoms with van der Waals surface area (Å²) in [7, 11) is 1.59. The summed E-state index contributed by atoms with van der Waals surface area (Å²) in [6, 6.07) is 16.6. The van der Waals surface area contributed by atoms with Crippen molar-refractivity contribution in [2.45, 2.75) is 0 Å². The molecule has 0 aliphatic rings. The fourth-order valence-electron chi connectivity index (χ4n) is 2.12. The molecule has 22 heavy (non-hydrogen) atoms. The van der Waals surface area contributed by atoms with Crippen LogP contribution in [0.5, 0.6) is 5.75 Å². The Morgan fingerprint density at radius 2 is 1.82 bits per heavy atom. The van der Waals surface area contributed by atoms with E-state index in [1.165, 1.54) is 6.20 Å². The van der Waals surface area contributed by atoms with Gasteiger partial charge in [0.2, 0.25) is 0 Å². The third-order valence-electron chi connectivity index (χ3n) is 3.28. The summed E-state index contributed by atoms with van der Waals surface area (Å²) in [6.07, 6.45) is 1.53. The molecule has 0 bridgehead atoms. The van der Waals surface area contributed by atoms with Gasteiger partial charge in [0.25, 0.3) is 0 Å². The fourth-order valence-corrected chi connectivity index (χ4v) is 2.12. The number of nitrogens with one attached hydrogen (secondary N) is 2. The Balaban J connectivity index is 1.85. The first-order valence-electron chi connectivity index (χ1n) is 6.82. The van der Waals surface area contributed by atoms with Crippen molar-refractivity contribution in [3.63, 3.8) is 0 Å². The molecule has 0 aliphatic heterocycles. The van der Waals surface area contributed by atoms with Crippen molar-refractivity contribution >= 4 is 17.3 Å². The minimum absolute atomic E-state index is 0.102. The van der Waals surface area contributed by atoms with Gasteiger partial charge >= 0.3 is 0 Å². The van der Waals surface area contributed by atoms with Crippen LogP contribution >= 0.6 is 0 Å². The number of carbonyl (C=O) groups is 1. The van der Waals surface area contributed by atoms with Crippen molar-refractivity contribution in [1.82, 2.24) is 10.2 Å². The number of ether oxygens (including phenoxy) is 1. The van der Waals surface area contributed by atoms with Gasteiger partial charge in [0.05, 0.1) is 18.9 Å². The number of carbonyl (C=O) groups excluding carboxylic acids is 1. The number of rotatable bonds is 5. The summed E-state index contributed by atoms with van der Waals surface area (Å²) in [5, 5.41) is 9.95. The smallest absolute Gasteiger partial charge is 0.198 e. The number of nitrogens with zero attached hydrogens (tertiary/aromatic N) is 1. The van der Waals surface area contributed by atoms with Crippen molar-refractivity contribution in [3.8, 4) is 5.75 Å². The topological polar surface area (TPSA) is 67.0 Å². The molecule has 3 aromatic rings. The summed E-state index contributed by atoms with van der Waals surface area (Å²) in [5.74, 6) is 1.19. The van der Waals surface area contributed by atoms with Gasteiger partial charge in [-0.05, 0) is 36.4 Å². The van der Waals surface area contributed by atoms with Crippen LogP contribution in [0.15, 0.2) is 60.8 Å². The second-order valence-corrected chi connectivity index (χ2v) is 4.71. The largest absolute Gasteiger partial charge is 0.497 e. The Morgan fingerprint density at radius 1 is 1.09 bits per heavy atom. The Bertz CT molecular complexity index is 764. The van der Waals surface area contributed by atoms with Gasteiger partial charge in [0, 0.05) is 11.3 Å². The zero-order chi connectivity index (χ0) is 15.4. The number of hydrogen-bond acceptors (Lipinski definition) is 4. The minimum Gasteiger partial charge on any atom is -0.497 e. The van der Waals surface area contributed by atoms with Crippen LogP contribution < -0.4 is 10.1 Å². The van der Waals surface area contributed by atoms with Gasteiger partial charge < -0.3 is 10.1 Å². The zero-order valence-corrected chi connectivity index (χ0v) is 12.0. The third kappa shape index (κ3) is 2.83. The number of ketones is 1. The number of H-pyrrole nitrogens is 1. The molecule has 2 N–H and O–H groups in total. The van der Waals surface area contributed by atoms with Gasteiger partial charge in [-0.25, -0.2) is 0 Å². The molecule has 0 fully saturated rings. The van der Waals surface area contributed by atoms with Crippen LogP contribution in [0.25, 0.3) is 0 Å². The van der Waals surface area contributed by atoms with Gasteiger partial charge in [-0.1, -0.05) is 18.2 Å². The molecule has 0 amide bonds. The zero-order valence-electron chi connectivity index (χ0n) is 12.0. The summed E-state index contributed by atoms with van der Waals surface area (Å²) >= 11 is 0. The maximum atomic E-state index is 12.6. The number of methoxy groups -OCH3 is 1. The fraction of sp³-hybridized carbons (Fsp3) is 0.0588. The van der Waals surface area contributed by atoms with E-state index in [4.69, 9.17) is 4.74 Å². The normalized spacial score (nSPS) is 10.2. The molecule has 1 aromatic heterocycles. The highest BCUT2D eigenvalue weighted by molar-refractivity contribution is 6.12. The number of aromatic nitrogens is 2. The Labute approximate surface area is 127 Å². The molecule has 0 saturated heterocycles. The molecular weight excluding hydrogens is 278 g/mol. The van der Waals surface area contributed by atoms with Crippen LogP contribution in [0, 0.1) is 0 Å². The predicted octanol–water partition coefficient (Wildman–Crippen LogP) is 3.39. The maximum Gasteiger partial charge on any atom is 0.198 e. The van der Waals surface area contributed by atoms with E-state index in [2.05, 4.69) is 15.5 Å². The molecule has 0 atom stereocenters. The molecule has 3 rings (SSSR count). The van der Waals surface area contributed by atoms with Crippen LogP contribution in [-0.4, -0.2) is 23.1 Å². The molecule has 0 unspecified atom stereocenters. The number of para-hydroxylation sites is 1. The van der Waals surface area contributed by atoms with E-state index in [1.807, 2.05) is 30.3 Å². The highest BCUT2D eigenvalue weighted by Gasteiger charge is 2.16. The molecule has 0 radical (unpaired) electrons. The lowest BCUT2D eigenvalue weighted by molar-refractivity contribution is 0.103. The van der Waals surface area contributed by atoms with Gasteiger partial charge in [-0.15, -0.1) is 0 Å². The first-order chi connectivity index (χ1) is 10.8. The van der Waals surface area contributed by atoms with E-state index in [9.17, 15) is 4.79 Å². The predicted molar refractivity (Wildman–Crippen MR) is 84.7 cm³/mol. The first kappa shape index (κ1) is 13.9. The average Bonchev–Trinajstić information content (AvgIpc) is 3.03. The SMILES string of the molecule is COc1ccc(C(=O)c2cn[nH]c2Nc2ccccc2)cc1. The molecule has 0 aliphatic carbocycles. The van der Waals surface area contributed by atoms with Crippen LogP contribution in [0.4, 0.5) is 11.5 Å². The maximum absolute atomic E-state index is 12.6. The van der Waals surface area contributed by atoms with E-state index in [0.29, 0.717) is 22.7 Å². The first-order valence-corrected chi connectivity index (χ1v) is 6.82. The van der Waals surface area contributed by atoms with Crippen LogP contribution in [0.2, 0.25) is 0 Å². The molecule has 5 heteroatoms. The Kier molecular flexibility index (Phi) is 3.87. The molecule has 5 nitrogen and oxygen atoms in total. The van der Waals surface area contributed by atoms with Crippen molar-refractivity contribution in [2.75, 3.05) is 12.4 Å². The number of aromatic amines is 1. The highest BCUT2D eigenvalue weighted by atomic mass is 16.5. The standard InChI is InChI=1S/C17H15N3O2/c1-22-14-9-7-12(8-10-14)16(21)15-11-18-20-17(15)19-13-5-3-2-4-6-13/h2-11H,1H3,(H2,18,19,20). The molecule has 110 valence electrons. The quantitative estimate of drug-likeness (QED) is 0.708. The molecule has 1 heterocycles. The third-order valence-corrected chi connectivity index (χ3v) is 3.28. The van der Waals surface area contributed by atoms with Crippen molar-refractivity contribution in [3.05, 3.63) is 71.9 Å². The van der Waals surface area contributed by atoms with Gasteiger partial charge in [0.1, 0.15) is 11.6 Å². The second kappa shape index (κ2) is 6.13. The van der Waals surface area contributed by atoms with Crippen molar-refractivity contribution in [2.24, 2.45) is 0 Å². The monoisotopic (exact) mass is 293 g/mol. The van der Waals surface area contributed by atoms with Gasteiger partial charge in [-0.3, -0.25) is 9.89 Å². The van der Waals surface area contributed by atoms with Crippen LogP contribution in [0.3, 0.4) is 0 Å². The van der Waals surface area contributed by atoms with E-state index in [0.717, 1.165) is 5.69 Å².